The van der Waals surface area contributed by atoms with Crippen LogP contribution in [0.2, 0.25) is 0 Å². The maximum Gasteiger partial charge on any atom is 0.265 e. The third kappa shape index (κ3) is 2.63. The van der Waals surface area contributed by atoms with Gasteiger partial charge >= 0.3 is 0 Å². The van der Waals surface area contributed by atoms with E-state index < -0.39 is 0 Å². The molecule has 0 radical (unpaired) electrons. The molecular weight excluding hydrogens is 236 g/mol. The smallest absolute Gasteiger partial charge is 0.265 e. The highest BCUT2D eigenvalue weighted by atomic mass is 79.9. The van der Waals surface area contributed by atoms with Gasteiger partial charge in [-0.25, -0.2) is 4.98 Å². The maximum atomic E-state index is 11.2. The van der Waals surface area contributed by atoms with E-state index in [0.717, 1.165) is 0 Å². The van der Waals surface area contributed by atoms with Crippen LogP contribution in [0.15, 0.2) is 15.5 Å². The summed E-state index contributed by atoms with van der Waals surface area (Å²) in [6, 6.07) is 0. The number of hydrogen-bond donors (Lipinski definition) is 1. The van der Waals surface area contributed by atoms with Gasteiger partial charge in [-0.2, -0.15) is 0 Å². The highest BCUT2D eigenvalue weighted by Crippen LogP contribution is 2.09. The summed E-state index contributed by atoms with van der Waals surface area (Å²) < 4.78 is 5.40. The fraction of sp³-hybridized carbons (Fsp3) is 0.500. The Morgan fingerprint density at radius 1 is 1.77 bits per heavy atom. The molecule has 4 nitrogen and oxygen atoms in total. The van der Waals surface area contributed by atoms with Crippen molar-refractivity contribution in [2.75, 3.05) is 13.7 Å². The third-order valence-corrected chi connectivity index (χ3v) is 2.22. The van der Waals surface area contributed by atoms with E-state index in [9.17, 15) is 4.79 Å². The highest BCUT2D eigenvalue weighted by Gasteiger charge is 2.08. The summed E-state index contributed by atoms with van der Waals surface area (Å²) in [5, 5.41) is 0. The number of nitrogens with zero attached hydrogens (tertiary/aromatic N) is 1. The van der Waals surface area contributed by atoms with E-state index in [4.69, 9.17) is 4.74 Å². The number of H-pyrrole nitrogens is 1. The molecule has 13 heavy (non-hydrogen) atoms. The van der Waals surface area contributed by atoms with Crippen LogP contribution in [0.3, 0.4) is 0 Å². The number of ether oxygens (including phenoxy) is 1. The summed E-state index contributed by atoms with van der Waals surface area (Å²) in [6.07, 6.45) is 1.50. The average Bonchev–Trinajstić information content (AvgIpc) is 2.10. The normalized spacial score (nSPS) is 12.8. The summed E-state index contributed by atoms with van der Waals surface area (Å²) in [7, 11) is 1.62. The molecule has 0 bridgehead atoms. The summed E-state index contributed by atoms with van der Waals surface area (Å²) in [5.41, 5.74) is -0.159. The van der Waals surface area contributed by atoms with Crippen LogP contribution in [-0.4, -0.2) is 23.7 Å². The zero-order valence-electron chi connectivity index (χ0n) is 7.50. The first kappa shape index (κ1) is 10.4. The lowest BCUT2D eigenvalue weighted by Crippen LogP contribution is -2.15. The molecule has 0 aliphatic heterocycles. The number of hydrogen-bond acceptors (Lipinski definition) is 3. The van der Waals surface area contributed by atoms with E-state index in [1.54, 1.807) is 7.11 Å². The Morgan fingerprint density at radius 2 is 2.46 bits per heavy atom. The van der Waals surface area contributed by atoms with Crippen molar-refractivity contribution in [2.45, 2.75) is 12.8 Å². The van der Waals surface area contributed by atoms with E-state index in [0.29, 0.717) is 16.9 Å². The average molecular weight is 247 g/mol. The van der Waals surface area contributed by atoms with Crippen molar-refractivity contribution in [2.24, 2.45) is 0 Å². The number of methoxy groups -OCH3 is 1. The van der Waals surface area contributed by atoms with Crippen molar-refractivity contribution in [3.05, 3.63) is 26.8 Å². The topological polar surface area (TPSA) is 55.0 Å². The Bertz CT molecular complexity index is 337. The summed E-state index contributed by atoms with van der Waals surface area (Å²) in [6.45, 7) is 2.49. The maximum absolute atomic E-state index is 11.2. The number of nitrogens with one attached hydrogen (secondary N) is 1. The van der Waals surface area contributed by atoms with Gasteiger partial charge in [0.25, 0.3) is 5.56 Å². The molecular formula is C8H11BrN2O2. The van der Waals surface area contributed by atoms with E-state index in [-0.39, 0.29) is 11.5 Å². The number of aromatic nitrogens is 2. The lowest BCUT2D eigenvalue weighted by atomic mass is 10.2. The van der Waals surface area contributed by atoms with Crippen LogP contribution in [-0.2, 0) is 4.74 Å². The fourth-order valence-corrected chi connectivity index (χ4v) is 1.17. The first-order valence-electron chi connectivity index (χ1n) is 3.88. The Labute approximate surface area is 84.5 Å². The number of rotatable bonds is 3. The highest BCUT2D eigenvalue weighted by molar-refractivity contribution is 9.10. The minimum Gasteiger partial charge on any atom is -0.384 e. The second-order valence-electron chi connectivity index (χ2n) is 2.80. The summed E-state index contributed by atoms with van der Waals surface area (Å²) >= 11 is 3.08. The second kappa shape index (κ2) is 4.53. The molecule has 1 unspecified atom stereocenters. The quantitative estimate of drug-likeness (QED) is 0.875. The van der Waals surface area contributed by atoms with Crippen LogP contribution < -0.4 is 5.56 Å². The molecule has 5 heteroatoms. The van der Waals surface area contributed by atoms with Crippen molar-refractivity contribution in [1.29, 1.82) is 0 Å². The first-order chi connectivity index (χ1) is 6.15. The molecule has 0 saturated carbocycles. The molecule has 0 saturated heterocycles. The molecule has 0 aliphatic carbocycles. The Balaban J connectivity index is 2.90. The molecule has 1 aromatic rings. The van der Waals surface area contributed by atoms with Gasteiger partial charge in [-0.05, 0) is 15.9 Å². The van der Waals surface area contributed by atoms with Gasteiger partial charge in [-0.15, -0.1) is 0 Å². The first-order valence-corrected chi connectivity index (χ1v) is 4.68. The third-order valence-electron chi connectivity index (χ3n) is 1.66. The number of halogens is 1. The zero-order chi connectivity index (χ0) is 9.84. The van der Waals surface area contributed by atoms with Gasteiger partial charge in [-0.3, -0.25) is 4.79 Å². The molecule has 0 aromatic carbocycles. The van der Waals surface area contributed by atoms with E-state index >= 15 is 0 Å². The standard InChI is InChI=1S/C8H11BrN2O2/c1-5(4-13-2)7-10-3-6(9)8(12)11-7/h3,5H,4H2,1-2H3,(H,10,11,12). The number of aromatic amines is 1. The van der Waals surface area contributed by atoms with E-state index in [2.05, 4.69) is 25.9 Å². The predicted octanol–water partition coefficient (Wildman–Crippen LogP) is 1.28. The van der Waals surface area contributed by atoms with E-state index in [1.165, 1.54) is 6.20 Å². The summed E-state index contributed by atoms with van der Waals surface area (Å²) in [5.74, 6) is 0.751. The SMILES string of the molecule is COCC(C)c1ncc(Br)c(=O)[nH]1. The minimum absolute atomic E-state index is 0.103. The zero-order valence-corrected chi connectivity index (χ0v) is 9.09. The van der Waals surface area contributed by atoms with E-state index in [1.807, 2.05) is 6.92 Å². The van der Waals surface area contributed by atoms with Gasteiger partial charge in [0.15, 0.2) is 0 Å². The van der Waals surface area contributed by atoms with Gasteiger partial charge in [0, 0.05) is 19.2 Å². The largest absolute Gasteiger partial charge is 0.384 e. The molecule has 0 fully saturated rings. The van der Waals surface area contributed by atoms with Crippen molar-refractivity contribution in [3.63, 3.8) is 0 Å². The Hall–Kier alpha value is -0.680. The predicted molar refractivity (Wildman–Crippen MR) is 52.8 cm³/mol. The Kier molecular flexibility index (Phi) is 3.62. The van der Waals surface area contributed by atoms with Gasteiger partial charge < -0.3 is 9.72 Å². The van der Waals surface area contributed by atoms with Gasteiger partial charge in [0.2, 0.25) is 0 Å². The van der Waals surface area contributed by atoms with Crippen molar-refractivity contribution in [1.82, 2.24) is 9.97 Å². The molecule has 0 amide bonds. The van der Waals surface area contributed by atoms with Gasteiger partial charge in [-0.1, -0.05) is 6.92 Å². The van der Waals surface area contributed by atoms with Crippen LogP contribution in [0, 0.1) is 0 Å². The van der Waals surface area contributed by atoms with Crippen molar-refractivity contribution >= 4 is 15.9 Å². The van der Waals surface area contributed by atoms with Crippen LogP contribution in [0.25, 0.3) is 0 Å². The summed E-state index contributed by atoms with van der Waals surface area (Å²) in [4.78, 5) is 17.9. The van der Waals surface area contributed by atoms with Crippen LogP contribution >= 0.6 is 15.9 Å². The molecule has 1 aromatic heterocycles. The lowest BCUT2D eigenvalue weighted by molar-refractivity contribution is 0.181. The molecule has 1 atom stereocenters. The monoisotopic (exact) mass is 246 g/mol. The molecule has 1 N–H and O–H groups in total. The Morgan fingerprint density at radius 3 is 3.00 bits per heavy atom. The van der Waals surface area contributed by atoms with Crippen LogP contribution in [0.1, 0.15) is 18.7 Å². The minimum atomic E-state index is -0.159. The van der Waals surface area contributed by atoms with Gasteiger partial charge in [0.1, 0.15) is 10.3 Å². The van der Waals surface area contributed by atoms with Crippen LogP contribution in [0.4, 0.5) is 0 Å². The van der Waals surface area contributed by atoms with Gasteiger partial charge in [0.05, 0.1) is 6.61 Å². The van der Waals surface area contributed by atoms with Crippen LogP contribution in [0.5, 0.6) is 0 Å². The molecule has 1 rings (SSSR count). The van der Waals surface area contributed by atoms with Crippen molar-refractivity contribution in [3.8, 4) is 0 Å². The lowest BCUT2D eigenvalue weighted by Gasteiger charge is -2.08. The van der Waals surface area contributed by atoms with Crippen molar-refractivity contribution < 1.29 is 4.74 Å². The molecule has 1 heterocycles. The molecule has 0 aliphatic rings. The molecule has 0 spiro atoms. The molecule has 72 valence electrons. The fourth-order valence-electron chi connectivity index (χ4n) is 0.973. The second-order valence-corrected chi connectivity index (χ2v) is 3.66.